The average Bonchev–Trinajstić information content (AvgIpc) is 3.07. The Morgan fingerprint density at radius 2 is 1.84 bits per heavy atom. The van der Waals surface area contributed by atoms with Gasteiger partial charge in [0.25, 0.3) is 0 Å². The van der Waals surface area contributed by atoms with Crippen molar-refractivity contribution in [3.8, 4) is 0 Å². The fourth-order valence-electron chi connectivity index (χ4n) is 2.25. The SMILES string of the molecule is O=C1C[C@@H](c2ccc(S(=O)(=O)NC3CC3)cc2)CN1. The van der Waals surface area contributed by atoms with E-state index in [2.05, 4.69) is 10.0 Å². The third kappa shape index (κ3) is 2.79. The molecule has 0 aromatic heterocycles. The first-order valence-electron chi connectivity index (χ1n) is 6.43. The maximum atomic E-state index is 12.0. The average molecular weight is 280 g/mol. The molecule has 1 aliphatic carbocycles. The molecule has 2 fully saturated rings. The molecule has 1 heterocycles. The van der Waals surface area contributed by atoms with Gasteiger partial charge in [0, 0.05) is 24.9 Å². The minimum Gasteiger partial charge on any atom is -0.355 e. The van der Waals surface area contributed by atoms with Crippen LogP contribution >= 0.6 is 0 Å². The van der Waals surface area contributed by atoms with Gasteiger partial charge in [-0.05, 0) is 30.5 Å². The van der Waals surface area contributed by atoms with Crippen molar-refractivity contribution in [3.05, 3.63) is 29.8 Å². The van der Waals surface area contributed by atoms with Crippen LogP contribution in [0.4, 0.5) is 0 Å². The molecule has 1 aromatic rings. The predicted octanol–water partition coefficient (Wildman–Crippen LogP) is 0.731. The van der Waals surface area contributed by atoms with Crippen LogP contribution in [0.1, 0.15) is 30.7 Å². The molecular weight excluding hydrogens is 264 g/mol. The molecule has 2 N–H and O–H groups in total. The second-order valence-corrected chi connectivity index (χ2v) is 6.88. The van der Waals surface area contributed by atoms with Crippen molar-refractivity contribution in [2.24, 2.45) is 0 Å². The Labute approximate surface area is 112 Å². The normalized spacial score (nSPS) is 23.4. The molecule has 102 valence electrons. The van der Waals surface area contributed by atoms with Crippen LogP contribution in [0.25, 0.3) is 0 Å². The fraction of sp³-hybridized carbons (Fsp3) is 0.462. The number of carbonyl (C=O) groups excluding carboxylic acids is 1. The second kappa shape index (κ2) is 4.61. The van der Waals surface area contributed by atoms with Crippen LogP contribution < -0.4 is 10.0 Å². The fourth-order valence-corrected chi connectivity index (χ4v) is 3.55. The van der Waals surface area contributed by atoms with Gasteiger partial charge in [0.05, 0.1) is 4.90 Å². The molecule has 0 spiro atoms. The van der Waals surface area contributed by atoms with Crippen LogP contribution in [0.2, 0.25) is 0 Å². The molecule has 1 saturated carbocycles. The summed E-state index contributed by atoms with van der Waals surface area (Å²) in [6.07, 6.45) is 2.33. The topological polar surface area (TPSA) is 75.3 Å². The van der Waals surface area contributed by atoms with Crippen LogP contribution in [-0.4, -0.2) is 26.9 Å². The Bertz CT molecular complexity index is 591. The molecule has 1 amide bonds. The van der Waals surface area contributed by atoms with Crippen molar-refractivity contribution in [3.63, 3.8) is 0 Å². The minimum absolute atomic E-state index is 0.0529. The lowest BCUT2D eigenvalue weighted by Crippen LogP contribution is -2.25. The van der Waals surface area contributed by atoms with E-state index in [1.54, 1.807) is 24.3 Å². The summed E-state index contributed by atoms with van der Waals surface area (Å²) in [5.41, 5.74) is 1.00. The summed E-state index contributed by atoms with van der Waals surface area (Å²) in [6.45, 7) is 0.630. The molecule has 1 aliphatic heterocycles. The zero-order valence-electron chi connectivity index (χ0n) is 10.4. The minimum atomic E-state index is -3.38. The third-order valence-electron chi connectivity index (χ3n) is 3.54. The van der Waals surface area contributed by atoms with Crippen molar-refractivity contribution < 1.29 is 13.2 Å². The predicted molar refractivity (Wildman–Crippen MR) is 70.2 cm³/mol. The van der Waals surface area contributed by atoms with E-state index in [9.17, 15) is 13.2 Å². The number of nitrogens with one attached hydrogen (secondary N) is 2. The zero-order valence-corrected chi connectivity index (χ0v) is 11.2. The van der Waals surface area contributed by atoms with Crippen LogP contribution in [0, 0.1) is 0 Å². The number of benzene rings is 1. The van der Waals surface area contributed by atoms with Crippen molar-refractivity contribution in [1.29, 1.82) is 0 Å². The van der Waals surface area contributed by atoms with E-state index in [1.165, 1.54) is 0 Å². The monoisotopic (exact) mass is 280 g/mol. The van der Waals surface area contributed by atoms with Crippen LogP contribution in [0.3, 0.4) is 0 Å². The van der Waals surface area contributed by atoms with Gasteiger partial charge < -0.3 is 5.32 Å². The van der Waals surface area contributed by atoms with E-state index in [1.807, 2.05) is 0 Å². The van der Waals surface area contributed by atoms with Crippen molar-refractivity contribution in [2.75, 3.05) is 6.54 Å². The summed E-state index contributed by atoms with van der Waals surface area (Å²) in [4.78, 5) is 11.5. The summed E-state index contributed by atoms with van der Waals surface area (Å²) in [5.74, 6) is 0.206. The standard InChI is InChI=1S/C13H16N2O3S/c16-13-7-10(8-14-13)9-1-5-12(6-2-9)19(17,18)15-11-3-4-11/h1-2,5-6,10-11,15H,3-4,7-8H2,(H,14,16)/t10-/m1/s1. The quantitative estimate of drug-likeness (QED) is 0.854. The molecule has 0 bridgehead atoms. The van der Waals surface area contributed by atoms with Gasteiger partial charge in [-0.25, -0.2) is 13.1 Å². The zero-order chi connectivity index (χ0) is 13.5. The van der Waals surface area contributed by atoms with Gasteiger partial charge in [-0.15, -0.1) is 0 Å². The van der Waals surface area contributed by atoms with Crippen molar-refractivity contribution in [1.82, 2.24) is 10.0 Å². The molecule has 19 heavy (non-hydrogen) atoms. The van der Waals surface area contributed by atoms with E-state index >= 15 is 0 Å². The lowest BCUT2D eigenvalue weighted by Gasteiger charge is -2.09. The second-order valence-electron chi connectivity index (χ2n) is 5.17. The van der Waals surface area contributed by atoms with Crippen molar-refractivity contribution >= 4 is 15.9 Å². The van der Waals surface area contributed by atoms with E-state index in [4.69, 9.17) is 0 Å². The van der Waals surface area contributed by atoms with Gasteiger partial charge in [-0.1, -0.05) is 12.1 Å². The van der Waals surface area contributed by atoms with Gasteiger partial charge in [0.15, 0.2) is 0 Å². The molecule has 1 saturated heterocycles. The lowest BCUT2D eigenvalue weighted by molar-refractivity contribution is -0.119. The van der Waals surface area contributed by atoms with E-state index in [-0.39, 0.29) is 17.9 Å². The first-order chi connectivity index (χ1) is 9.04. The van der Waals surface area contributed by atoms with Crippen LogP contribution in [-0.2, 0) is 14.8 Å². The van der Waals surface area contributed by atoms with Gasteiger partial charge in [-0.2, -0.15) is 0 Å². The Morgan fingerprint density at radius 1 is 1.16 bits per heavy atom. The summed E-state index contributed by atoms with van der Waals surface area (Å²) in [5, 5.41) is 2.78. The van der Waals surface area contributed by atoms with Gasteiger partial charge >= 0.3 is 0 Å². The van der Waals surface area contributed by atoms with Crippen LogP contribution in [0.5, 0.6) is 0 Å². The highest BCUT2D eigenvalue weighted by Gasteiger charge is 2.28. The smallest absolute Gasteiger partial charge is 0.240 e. The molecule has 1 atom stereocenters. The van der Waals surface area contributed by atoms with Crippen molar-refractivity contribution in [2.45, 2.75) is 36.1 Å². The molecule has 5 nitrogen and oxygen atoms in total. The maximum Gasteiger partial charge on any atom is 0.240 e. The molecule has 0 radical (unpaired) electrons. The molecular formula is C13H16N2O3S. The summed E-state index contributed by atoms with van der Waals surface area (Å²) < 4.78 is 26.6. The third-order valence-corrected chi connectivity index (χ3v) is 5.07. The highest BCUT2D eigenvalue weighted by atomic mass is 32.2. The number of carbonyl (C=O) groups is 1. The number of amides is 1. The molecule has 1 aromatic carbocycles. The van der Waals surface area contributed by atoms with Gasteiger partial charge in [-0.3, -0.25) is 4.79 Å². The summed E-state index contributed by atoms with van der Waals surface area (Å²) in [6, 6.07) is 6.94. The Morgan fingerprint density at radius 3 is 2.37 bits per heavy atom. The van der Waals surface area contributed by atoms with Gasteiger partial charge in [0.2, 0.25) is 15.9 Å². The molecule has 2 aliphatic rings. The number of hydrogen-bond donors (Lipinski definition) is 2. The Hall–Kier alpha value is -1.40. The molecule has 6 heteroatoms. The molecule has 3 rings (SSSR count). The largest absolute Gasteiger partial charge is 0.355 e. The highest BCUT2D eigenvalue weighted by molar-refractivity contribution is 7.89. The van der Waals surface area contributed by atoms with E-state index in [0.29, 0.717) is 17.9 Å². The maximum absolute atomic E-state index is 12.0. The Kier molecular flexibility index (Phi) is 3.06. The van der Waals surface area contributed by atoms with Crippen LogP contribution in [0.15, 0.2) is 29.2 Å². The molecule has 0 unspecified atom stereocenters. The summed E-state index contributed by atoms with van der Waals surface area (Å²) >= 11 is 0. The van der Waals surface area contributed by atoms with E-state index in [0.717, 1.165) is 18.4 Å². The number of hydrogen-bond acceptors (Lipinski definition) is 3. The Balaban J connectivity index is 1.76. The lowest BCUT2D eigenvalue weighted by atomic mass is 9.99. The van der Waals surface area contributed by atoms with Gasteiger partial charge in [0.1, 0.15) is 0 Å². The highest BCUT2D eigenvalue weighted by Crippen LogP contribution is 2.25. The number of rotatable bonds is 4. The number of sulfonamides is 1. The first kappa shape index (κ1) is 12.6. The summed E-state index contributed by atoms with van der Waals surface area (Å²) in [7, 11) is -3.38. The van der Waals surface area contributed by atoms with E-state index < -0.39 is 10.0 Å². The first-order valence-corrected chi connectivity index (χ1v) is 7.92.